The lowest BCUT2D eigenvalue weighted by atomic mass is 10.0. The molecule has 0 saturated heterocycles. The minimum absolute atomic E-state index is 0.00187. The largest absolute Gasteiger partial charge is 0.479 e. The molecule has 2 atom stereocenters. The minimum atomic E-state index is -1.74. The van der Waals surface area contributed by atoms with E-state index in [1.165, 1.54) is 6.92 Å². The molecule has 0 saturated carbocycles. The number of hydrogen-bond acceptors (Lipinski definition) is 3. The van der Waals surface area contributed by atoms with Gasteiger partial charge in [-0.3, -0.25) is 0 Å². The maximum atomic E-state index is 10.7. The standard InChI is InChI=1S/C13H19NO3/c1-9-6-4-5-7-11(9)10(2)14-8-13(3,17)12(15)16/h4-7,10,14,17H,8H2,1-3H3,(H,15,16)/t10-,13?/m0/s1. The van der Waals surface area contributed by atoms with E-state index in [9.17, 15) is 9.90 Å². The smallest absolute Gasteiger partial charge is 0.336 e. The van der Waals surface area contributed by atoms with Crippen LogP contribution in [0.15, 0.2) is 24.3 Å². The highest BCUT2D eigenvalue weighted by Gasteiger charge is 2.30. The van der Waals surface area contributed by atoms with Crippen molar-refractivity contribution in [2.75, 3.05) is 6.54 Å². The molecule has 0 aromatic heterocycles. The average molecular weight is 237 g/mol. The number of aliphatic carboxylic acids is 1. The highest BCUT2D eigenvalue weighted by molar-refractivity contribution is 5.76. The van der Waals surface area contributed by atoms with Gasteiger partial charge in [-0.2, -0.15) is 0 Å². The average Bonchev–Trinajstić information content (AvgIpc) is 2.26. The lowest BCUT2D eigenvalue weighted by molar-refractivity contribution is -0.156. The summed E-state index contributed by atoms with van der Waals surface area (Å²) in [6.07, 6.45) is 0. The van der Waals surface area contributed by atoms with Crippen LogP contribution in [-0.4, -0.2) is 28.3 Å². The summed E-state index contributed by atoms with van der Waals surface area (Å²) in [4.78, 5) is 10.7. The van der Waals surface area contributed by atoms with Crippen molar-refractivity contribution >= 4 is 5.97 Å². The number of carboxylic acids is 1. The van der Waals surface area contributed by atoms with E-state index < -0.39 is 11.6 Å². The SMILES string of the molecule is Cc1ccccc1[C@H](C)NCC(C)(O)C(=O)O. The van der Waals surface area contributed by atoms with E-state index in [0.717, 1.165) is 11.1 Å². The molecule has 94 valence electrons. The first-order valence-corrected chi connectivity index (χ1v) is 5.59. The molecule has 0 amide bonds. The van der Waals surface area contributed by atoms with Crippen LogP contribution in [0.3, 0.4) is 0 Å². The van der Waals surface area contributed by atoms with Crippen LogP contribution in [0, 0.1) is 6.92 Å². The lowest BCUT2D eigenvalue weighted by Crippen LogP contribution is -2.45. The summed E-state index contributed by atoms with van der Waals surface area (Å²) < 4.78 is 0. The molecule has 0 aliphatic heterocycles. The molecule has 0 aliphatic rings. The van der Waals surface area contributed by atoms with Crippen molar-refractivity contribution in [2.45, 2.75) is 32.4 Å². The Bertz CT molecular complexity index is 401. The van der Waals surface area contributed by atoms with Gasteiger partial charge in [0.1, 0.15) is 0 Å². The molecule has 1 aromatic carbocycles. The predicted molar refractivity (Wildman–Crippen MR) is 65.9 cm³/mol. The van der Waals surface area contributed by atoms with E-state index in [2.05, 4.69) is 5.32 Å². The first-order chi connectivity index (χ1) is 7.84. The Balaban J connectivity index is 2.65. The van der Waals surface area contributed by atoms with Gasteiger partial charge < -0.3 is 15.5 Å². The topological polar surface area (TPSA) is 69.6 Å². The maximum Gasteiger partial charge on any atom is 0.336 e. The molecule has 0 spiro atoms. The summed E-state index contributed by atoms with van der Waals surface area (Å²) in [5.41, 5.74) is 0.507. The highest BCUT2D eigenvalue weighted by Crippen LogP contribution is 2.17. The molecule has 0 radical (unpaired) electrons. The van der Waals surface area contributed by atoms with Gasteiger partial charge >= 0.3 is 5.97 Å². The lowest BCUT2D eigenvalue weighted by Gasteiger charge is -2.23. The summed E-state index contributed by atoms with van der Waals surface area (Å²) in [6, 6.07) is 7.89. The zero-order chi connectivity index (χ0) is 13.1. The van der Waals surface area contributed by atoms with Gasteiger partial charge in [0.05, 0.1) is 0 Å². The molecule has 4 nitrogen and oxygen atoms in total. The second-order valence-electron chi connectivity index (χ2n) is 4.54. The molecule has 4 heteroatoms. The summed E-state index contributed by atoms with van der Waals surface area (Å²) in [5, 5.41) is 21.4. The molecule has 0 bridgehead atoms. The molecular formula is C13H19NO3. The number of aliphatic hydroxyl groups is 1. The summed E-state index contributed by atoms with van der Waals surface area (Å²) in [6.45, 7) is 5.24. The summed E-state index contributed by atoms with van der Waals surface area (Å²) >= 11 is 0. The van der Waals surface area contributed by atoms with Crippen LogP contribution in [0.5, 0.6) is 0 Å². The summed E-state index contributed by atoms with van der Waals surface area (Å²) in [5.74, 6) is -1.22. The number of nitrogens with one attached hydrogen (secondary N) is 1. The monoisotopic (exact) mass is 237 g/mol. The van der Waals surface area contributed by atoms with Gasteiger partial charge in [0.15, 0.2) is 5.60 Å². The van der Waals surface area contributed by atoms with Gasteiger partial charge in [-0.05, 0) is 31.9 Å². The molecule has 0 aliphatic carbocycles. The zero-order valence-corrected chi connectivity index (χ0v) is 10.4. The Morgan fingerprint density at radius 3 is 2.59 bits per heavy atom. The third kappa shape index (κ3) is 3.54. The van der Waals surface area contributed by atoms with Crippen LogP contribution < -0.4 is 5.32 Å². The number of benzene rings is 1. The predicted octanol–water partition coefficient (Wildman–Crippen LogP) is 1.48. The van der Waals surface area contributed by atoms with Crippen molar-refractivity contribution in [3.63, 3.8) is 0 Å². The molecule has 1 unspecified atom stereocenters. The van der Waals surface area contributed by atoms with Crippen LogP contribution >= 0.6 is 0 Å². The van der Waals surface area contributed by atoms with Crippen molar-refractivity contribution in [1.29, 1.82) is 0 Å². The molecular weight excluding hydrogens is 218 g/mol. The van der Waals surface area contributed by atoms with Crippen molar-refractivity contribution in [3.8, 4) is 0 Å². The third-order valence-electron chi connectivity index (χ3n) is 2.87. The van der Waals surface area contributed by atoms with Crippen LogP contribution in [0.2, 0.25) is 0 Å². The van der Waals surface area contributed by atoms with Gasteiger partial charge in [-0.25, -0.2) is 4.79 Å². The van der Waals surface area contributed by atoms with Crippen molar-refractivity contribution in [1.82, 2.24) is 5.32 Å². The van der Waals surface area contributed by atoms with E-state index >= 15 is 0 Å². The molecule has 0 heterocycles. The van der Waals surface area contributed by atoms with E-state index in [1.54, 1.807) is 0 Å². The second kappa shape index (κ2) is 5.29. The fourth-order valence-corrected chi connectivity index (χ4v) is 1.61. The van der Waals surface area contributed by atoms with Crippen LogP contribution in [0.4, 0.5) is 0 Å². The van der Waals surface area contributed by atoms with Gasteiger partial charge in [-0.15, -0.1) is 0 Å². The van der Waals surface area contributed by atoms with E-state index in [1.807, 2.05) is 38.1 Å². The van der Waals surface area contributed by atoms with Gasteiger partial charge in [0, 0.05) is 12.6 Å². The first kappa shape index (κ1) is 13.7. The molecule has 0 fully saturated rings. The van der Waals surface area contributed by atoms with Crippen molar-refractivity contribution in [2.24, 2.45) is 0 Å². The Labute approximate surface area is 101 Å². The van der Waals surface area contributed by atoms with Crippen LogP contribution in [0.25, 0.3) is 0 Å². The number of aryl methyl sites for hydroxylation is 1. The number of rotatable bonds is 5. The molecule has 3 N–H and O–H groups in total. The fraction of sp³-hybridized carbons (Fsp3) is 0.462. The van der Waals surface area contributed by atoms with Crippen LogP contribution in [0.1, 0.15) is 31.0 Å². The minimum Gasteiger partial charge on any atom is -0.479 e. The van der Waals surface area contributed by atoms with E-state index in [-0.39, 0.29) is 12.6 Å². The molecule has 1 aromatic rings. The third-order valence-corrected chi connectivity index (χ3v) is 2.87. The van der Waals surface area contributed by atoms with Gasteiger partial charge in [0.2, 0.25) is 0 Å². The summed E-state index contributed by atoms with van der Waals surface area (Å²) in [7, 11) is 0. The van der Waals surface area contributed by atoms with Crippen molar-refractivity contribution in [3.05, 3.63) is 35.4 Å². The normalized spacial score (nSPS) is 16.2. The highest BCUT2D eigenvalue weighted by atomic mass is 16.4. The van der Waals surface area contributed by atoms with Crippen molar-refractivity contribution < 1.29 is 15.0 Å². The van der Waals surface area contributed by atoms with Gasteiger partial charge in [-0.1, -0.05) is 24.3 Å². The first-order valence-electron chi connectivity index (χ1n) is 5.59. The maximum absolute atomic E-state index is 10.7. The Morgan fingerprint density at radius 1 is 1.47 bits per heavy atom. The van der Waals surface area contributed by atoms with E-state index in [4.69, 9.17) is 5.11 Å². The Kier molecular flexibility index (Phi) is 4.26. The number of hydrogen-bond donors (Lipinski definition) is 3. The van der Waals surface area contributed by atoms with Gasteiger partial charge in [0.25, 0.3) is 0 Å². The quantitative estimate of drug-likeness (QED) is 0.725. The number of carboxylic acid groups (broad SMARTS) is 1. The Hall–Kier alpha value is -1.39. The van der Waals surface area contributed by atoms with E-state index in [0.29, 0.717) is 0 Å². The Morgan fingerprint density at radius 2 is 2.06 bits per heavy atom. The van der Waals surface area contributed by atoms with Crippen LogP contribution in [-0.2, 0) is 4.79 Å². The zero-order valence-electron chi connectivity index (χ0n) is 10.4. The number of carbonyl (C=O) groups is 1. The fourth-order valence-electron chi connectivity index (χ4n) is 1.61. The molecule has 1 rings (SSSR count). The molecule has 17 heavy (non-hydrogen) atoms. The second-order valence-corrected chi connectivity index (χ2v) is 4.54.